The van der Waals surface area contributed by atoms with Crippen molar-refractivity contribution >= 4 is 34.1 Å². The van der Waals surface area contributed by atoms with Crippen LogP contribution < -0.4 is 10.6 Å². The van der Waals surface area contributed by atoms with Crippen LogP contribution in [0.5, 0.6) is 0 Å². The number of carbonyl (C=O) groups is 2. The van der Waals surface area contributed by atoms with Gasteiger partial charge in [0.05, 0.1) is 13.2 Å². The Labute approximate surface area is 120 Å². The molecule has 0 bridgehead atoms. The third kappa shape index (κ3) is 4.59. The second-order valence-electron chi connectivity index (χ2n) is 3.46. The van der Waals surface area contributed by atoms with Crippen molar-refractivity contribution in [1.29, 1.82) is 0 Å². The number of nitrogens with one attached hydrogen (secondary N) is 2. The maximum absolute atomic E-state index is 11.7. The van der Waals surface area contributed by atoms with Gasteiger partial charge in [-0.15, -0.1) is 11.3 Å². The SMILES string of the molecule is CCOC(=O)C(=NOC)c1csc(NC(=O)CNC)n1. The van der Waals surface area contributed by atoms with Crippen LogP contribution in [-0.2, 0) is 19.2 Å². The summed E-state index contributed by atoms with van der Waals surface area (Å²) in [5.41, 5.74) is 0.245. The lowest BCUT2D eigenvalue weighted by Crippen LogP contribution is -2.25. The van der Waals surface area contributed by atoms with Crippen molar-refractivity contribution in [3.05, 3.63) is 11.1 Å². The third-order valence-corrected chi connectivity index (χ3v) is 2.74. The first-order valence-corrected chi connectivity index (χ1v) is 6.69. The minimum absolute atomic E-state index is 0.0419. The zero-order valence-corrected chi connectivity index (χ0v) is 12.2. The first kappa shape index (κ1) is 16.1. The summed E-state index contributed by atoms with van der Waals surface area (Å²) in [5.74, 6) is -0.859. The van der Waals surface area contributed by atoms with Crippen molar-refractivity contribution in [3.63, 3.8) is 0 Å². The highest BCUT2D eigenvalue weighted by molar-refractivity contribution is 7.14. The van der Waals surface area contributed by atoms with E-state index >= 15 is 0 Å². The number of esters is 1. The summed E-state index contributed by atoms with van der Waals surface area (Å²) in [6, 6.07) is 0. The van der Waals surface area contributed by atoms with Gasteiger partial charge in [-0.3, -0.25) is 4.79 Å². The molecule has 9 heteroatoms. The van der Waals surface area contributed by atoms with Crippen molar-refractivity contribution in [2.45, 2.75) is 6.92 Å². The van der Waals surface area contributed by atoms with E-state index in [0.717, 1.165) is 0 Å². The Morgan fingerprint density at radius 2 is 2.25 bits per heavy atom. The number of hydrogen-bond acceptors (Lipinski definition) is 8. The molecule has 1 aromatic rings. The van der Waals surface area contributed by atoms with E-state index in [-0.39, 0.29) is 30.5 Å². The lowest BCUT2D eigenvalue weighted by atomic mass is 10.3. The molecule has 0 saturated carbocycles. The van der Waals surface area contributed by atoms with Crippen LogP contribution in [0.4, 0.5) is 5.13 Å². The van der Waals surface area contributed by atoms with E-state index in [1.165, 1.54) is 18.4 Å². The number of thiazole rings is 1. The monoisotopic (exact) mass is 300 g/mol. The van der Waals surface area contributed by atoms with Gasteiger partial charge in [0, 0.05) is 5.38 Å². The maximum Gasteiger partial charge on any atom is 0.362 e. The number of oxime groups is 1. The number of amides is 1. The molecule has 0 aliphatic carbocycles. The maximum atomic E-state index is 11.7. The highest BCUT2D eigenvalue weighted by atomic mass is 32.1. The Hall–Kier alpha value is -2.00. The van der Waals surface area contributed by atoms with E-state index in [2.05, 4.69) is 25.6 Å². The zero-order chi connectivity index (χ0) is 15.0. The molecule has 0 fully saturated rings. The number of nitrogens with zero attached hydrogens (tertiary/aromatic N) is 2. The number of likely N-dealkylation sites (N-methyl/N-ethyl adjacent to an activating group) is 1. The largest absolute Gasteiger partial charge is 0.461 e. The molecule has 1 amide bonds. The van der Waals surface area contributed by atoms with E-state index in [9.17, 15) is 9.59 Å². The Balaban J connectivity index is 2.84. The molecule has 20 heavy (non-hydrogen) atoms. The molecule has 1 heterocycles. The van der Waals surface area contributed by atoms with Crippen molar-refractivity contribution in [2.75, 3.05) is 32.6 Å². The average molecular weight is 300 g/mol. The summed E-state index contributed by atoms with van der Waals surface area (Å²) >= 11 is 1.18. The van der Waals surface area contributed by atoms with Crippen LogP contribution in [0, 0.1) is 0 Å². The van der Waals surface area contributed by atoms with Gasteiger partial charge in [0.15, 0.2) is 5.13 Å². The molecule has 8 nitrogen and oxygen atoms in total. The zero-order valence-electron chi connectivity index (χ0n) is 11.4. The minimum atomic E-state index is -0.632. The van der Waals surface area contributed by atoms with Crippen LogP contribution in [0.3, 0.4) is 0 Å². The van der Waals surface area contributed by atoms with Crippen molar-refractivity contribution in [1.82, 2.24) is 10.3 Å². The highest BCUT2D eigenvalue weighted by Crippen LogP contribution is 2.16. The summed E-state index contributed by atoms with van der Waals surface area (Å²) < 4.78 is 4.86. The molecule has 0 aliphatic heterocycles. The van der Waals surface area contributed by atoms with Crippen LogP contribution >= 0.6 is 11.3 Å². The van der Waals surface area contributed by atoms with Gasteiger partial charge in [-0.25, -0.2) is 9.78 Å². The lowest BCUT2D eigenvalue weighted by molar-refractivity contribution is -0.135. The van der Waals surface area contributed by atoms with E-state index in [1.54, 1.807) is 19.4 Å². The molecule has 0 radical (unpaired) electrons. The second-order valence-corrected chi connectivity index (χ2v) is 4.32. The van der Waals surface area contributed by atoms with Crippen LogP contribution in [0.15, 0.2) is 10.5 Å². The van der Waals surface area contributed by atoms with E-state index in [1.807, 2.05) is 0 Å². The molecule has 1 aromatic heterocycles. The number of carbonyl (C=O) groups excluding carboxylic acids is 2. The topological polar surface area (TPSA) is 102 Å². The van der Waals surface area contributed by atoms with Gasteiger partial charge in [-0.1, -0.05) is 5.16 Å². The quantitative estimate of drug-likeness (QED) is 0.424. The van der Waals surface area contributed by atoms with Crippen molar-refractivity contribution < 1.29 is 19.2 Å². The summed E-state index contributed by atoms with van der Waals surface area (Å²) in [4.78, 5) is 31.8. The molecule has 0 atom stereocenters. The molecule has 0 saturated heterocycles. The van der Waals surface area contributed by atoms with E-state index in [4.69, 9.17) is 4.74 Å². The summed E-state index contributed by atoms with van der Waals surface area (Å²) in [5, 5.41) is 10.9. The molecule has 0 unspecified atom stereocenters. The second kappa shape index (κ2) is 8.23. The fourth-order valence-electron chi connectivity index (χ4n) is 1.24. The molecule has 0 aromatic carbocycles. The lowest BCUT2D eigenvalue weighted by Gasteiger charge is -2.02. The summed E-state index contributed by atoms with van der Waals surface area (Å²) in [6.07, 6.45) is 0. The Bertz CT molecular complexity index is 500. The number of aromatic nitrogens is 1. The third-order valence-electron chi connectivity index (χ3n) is 1.98. The average Bonchev–Trinajstić information content (AvgIpc) is 2.84. The van der Waals surface area contributed by atoms with Crippen LogP contribution in [0.2, 0.25) is 0 Å². The molecule has 2 N–H and O–H groups in total. The smallest absolute Gasteiger partial charge is 0.362 e. The van der Waals surface area contributed by atoms with Gasteiger partial charge in [0.25, 0.3) is 0 Å². The molecule has 110 valence electrons. The van der Waals surface area contributed by atoms with Crippen LogP contribution in [-0.4, -0.2) is 49.9 Å². The van der Waals surface area contributed by atoms with Crippen molar-refractivity contribution in [2.24, 2.45) is 5.16 Å². The summed E-state index contributed by atoms with van der Waals surface area (Å²) in [6.45, 7) is 2.08. The standard InChI is InChI=1S/C11H16N4O4S/c1-4-19-10(17)9(15-18-3)7-6-20-11(13-7)14-8(16)5-12-2/h6,12H,4-5H2,1-3H3,(H,13,14,16). The van der Waals surface area contributed by atoms with Gasteiger partial charge in [0.1, 0.15) is 12.8 Å². The number of ether oxygens (including phenoxy) is 1. The Morgan fingerprint density at radius 3 is 2.85 bits per heavy atom. The Morgan fingerprint density at radius 1 is 1.50 bits per heavy atom. The predicted octanol–water partition coefficient (Wildman–Crippen LogP) is 0.215. The van der Waals surface area contributed by atoms with E-state index < -0.39 is 5.97 Å². The van der Waals surface area contributed by atoms with Crippen LogP contribution in [0.25, 0.3) is 0 Å². The Kier molecular flexibility index (Phi) is 6.60. The molecular formula is C11H16N4O4S. The highest BCUT2D eigenvalue weighted by Gasteiger charge is 2.20. The molecule has 0 aliphatic rings. The summed E-state index contributed by atoms with van der Waals surface area (Å²) in [7, 11) is 2.98. The van der Waals surface area contributed by atoms with Crippen LogP contribution in [0.1, 0.15) is 12.6 Å². The first-order chi connectivity index (χ1) is 9.62. The number of rotatable bonds is 7. The van der Waals surface area contributed by atoms with Gasteiger partial charge in [-0.05, 0) is 14.0 Å². The van der Waals surface area contributed by atoms with E-state index in [0.29, 0.717) is 5.13 Å². The minimum Gasteiger partial charge on any atom is -0.461 e. The first-order valence-electron chi connectivity index (χ1n) is 5.81. The number of anilines is 1. The van der Waals surface area contributed by atoms with Gasteiger partial charge < -0.3 is 20.2 Å². The molecular weight excluding hydrogens is 284 g/mol. The van der Waals surface area contributed by atoms with Gasteiger partial charge in [0.2, 0.25) is 11.6 Å². The molecule has 1 rings (SSSR count). The number of hydrogen-bond donors (Lipinski definition) is 2. The molecule has 0 spiro atoms. The normalized spacial score (nSPS) is 11.1. The van der Waals surface area contributed by atoms with Crippen molar-refractivity contribution in [3.8, 4) is 0 Å². The van der Waals surface area contributed by atoms with Gasteiger partial charge >= 0.3 is 5.97 Å². The fourth-order valence-corrected chi connectivity index (χ4v) is 1.95. The fraction of sp³-hybridized carbons (Fsp3) is 0.455. The van der Waals surface area contributed by atoms with Gasteiger partial charge in [-0.2, -0.15) is 0 Å². The predicted molar refractivity (Wildman–Crippen MR) is 74.8 cm³/mol.